The molecule has 0 spiro atoms. The number of imide groups is 1. The van der Waals surface area contributed by atoms with Crippen molar-refractivity contribution in [2.24, 2.45) is 0 Å². The standard InChI is InChI=1S/C24H26FN3O4/c1-32-13-5-12-28-23(30)18-8-6-16(14-19(18)24(28)31)22(29)26-20-15-17(25)7-9-21(20)27-10-3-2-4-11-27/h6-9,14-15H,2-5,10-13H2,1H3,(H,26,29). The van der Waals surface area contributed by atoms with E-state index in [0.29, 0.717) is 18.7 Å². The van der Waals surface area contributed by atoms with E-state index in [1.165, 1.54) is 35.2 Å². The van der Waals surface area contributed by atoms with Gasteiger partial charge in [-0.15, -0.1) is 0 Å². The molecule has 0 aromatic heterocycles. The molecule has 7 nitrogen and oxygen atoms in total. The summed E-state index contributed by atoms with van der Waals surface area (Å²) in [5.41, 5.74) is 1.88. The van der Waals surface area contributed by atoms with E-state index in [1.54, 1.807) is 13.2 Å². The van der Waals surface area contributed by atoms with Crippen molar-refractivity contribution in [2.75, 3.05) is 43.6 Å². The van der Waals surface area contributed by atoms with Crippen LogP contribution in [0.25, 0.3) is 0 Å². The zero-order valence-electron chi connectivity index (χ0n) is 18.0. The summed E-state index contributed by atoms with van der Waals surface area (Å²) < 4.78 is 18.9. The largest absolute Gasteiger partial charge is 0.385 e. The highest BCUT2D eigenvalue weighted by Gasteiger charge is 2.35. The molecule has 0 atom stereocenters. The van der Waals surface area contributed by atoms with Crippen molar-refractivity contribution in [1.82, 2.24) is 4.90 Å². The van der Waals surface area contributed by atoms with Gasteiger partial charge in [0.1, 0.15) is 5.82 Å². The van der Waals surface area contributed by atoms with Gasteiger partial charge >= 0.3 is 0 Å². The maximum absolute atomic E-state index is 13.9. The van der Waals surface area contributed by atoms with Gasteiger partial charge in [0.05, 0.1) is 22.5 Å². The minimum atomic E-state index is -0.463. The van der Waals surface area contributed by atoms with Crippen molar-refractivity contribution in [3.8, 4) is 0 Å². The normalized spacial score (nSPS) is 15.8. The molecule has 1 fully saturated rings. The molecule has 4 rings (SSSR count). The number of piperidine rings is 1. The Kier molecular flexibility index (Phi) is 6.50. The molecule has 8 heteroatoms. The van der Waals surface area contributed by atoms with Crippen LogP contribution in [0.2, 0.25) is 0 Å². The molecule has 0 unspecified atom stereocenters. The number of ether oxygens (including phenoxy) is 1. The number of nitrogens with one attached hydrogen (secondary N) is 1. The number of benzene rings is 2. The van der Waals surface area contributed by atoms with Crippen LogP contribution >= 0.6 is 0 Å². The Morgan fingerprint density at radius 2 is 1.78 bits per heavy atom. The fraction of sp³-hybridized carbons (Fsp3) is 0.375. The lowest BCUT2D eigenvalue weighted by Crippen LogP contribution is -2.31. The van der Waals surface area contributed by atoms with E-state index in [9.17, 15) is 18.8 Å². The summed E-state index contributed by atoms with van der Waals surface area (Å²) in [5, 5.41) is 2.79. The minimum Gasteiger partial charge on any atom is -0.385 e. The number of carbonyl (C=O) groups is 3. The zero-order chi connectivity index (χ0) is 22.7. The van der Waals surface area contributed by atoms with Gasteiger partial charge in [0.25, 0.3) is 17.7 Å². The van der Waals surface area contributed by atoms with E-state index in [4.69, 9.17) is 4.74 Å². The average molecular weight is 439 g/mol. The Balaban J connectivity index is 1.55. The predicted octanol–water partition coefficient (Wildman–Crippen LogP) is 3.70. The Morgan fingerprint density at radius 1 is 1.03 bits per heavy atom. The van der Waals surface area contributed by atoms with Crippen LogP contribution in [0.15, 0.2) is 36.4 Å². The van der Waals surface area contributed by atoms with Gasteiger partial charge < -0.3 is 15.0 Å². The summed E-state index contributed by atoms with van der Waals surface area (Å²) in [4.78, 5) is 41.5. The molecule has 2 aliphatic rings. The number of halogens is 1. The van der Waals surface area contributed by atoms with E-state index in [-0.39, 0.29) is 29.1 Å². The molecule has 0 radical (unpaired) electrons. The second-order valence-corrected chi connectivity index (χ2v) is 8.03. The van der Waals surface area contributed by atoms with E-state index < -0.39 is 17.6 Å². The quantitative estimate of drug-likeness (QED) is 0.526. The number of methoxy groups -OCH3 is 1. The Labute approximate surface area is 186 Å². The summed E-state index contributed by atoms with van der Waals surface area (Å²) in [6.45, 7) is 2.39. The third kappa shape index (κ3) is 4.36. The third-order valence-electron chi connectivity index (χ3n) is 5.87. The van der Waals surface area contributed by atoms with Crippen molar-refractivity contribution in [1.29, 1.82) is 0 Å². The SMILES string of the molecule is COCCCN1C(=O)c2ccc(C(=O)Nc3cc(F)ccc3N3CCCCC3)cc2C1=O. The topological polar surface area (TPSA) is 79.0 Å². The monoisotopic (exact) mass is 439 g/mol. The average Bonchev–Trinajstić information content (AvgIpc) is 3.04. The summed E-state index contributed by atoms with van der Waals surface area (Å²) in [7, 11) is 1.56. The predicted molar refractivity (Wildman–Crippen MR) is 119 cm³/mol. The number of anilines is 2. The molecule has 1 N–H and O–H groups in total. The van der Waals surface area contributed by atoms with Gasteiger partial charge in [-0.25, -0.2) is 4.39 Å². The van der Waals surface area contributed by atoms with Crippen LogP contribution in [0.3, 0.4) is 0 Å². The van der Waals surface area contributed by atoms with Gasteiger partial charge in [-0.3, -0.25) is 19.3 Å². The Bertz CT molecular complexity index is 1050. The smallest absolute Gasteiger partial charge is 0.261 e. The first-order valence-corrected chi connectivity index (χ1v) is 10.8. The second kappa shape index (κ2) is 9.48. The molecular weight excluding hydrogens is 413 g/mol. The van der Waals surface area contributed by atoms with Crippen LogP contribution in [-0.2, 0) is 4.74 Å². The fourth-order valence-electron chi connectivity index (χ4n) is 4.22. The lowest BCUT2D eigenvalue weighted by atomic mass is 10.0. The van der Waals surface area contributed by atoms with Gasteiger partial charge in [0.2, 0.25) is 0 Å². The van der Waals surface area contributed by atoms with Crippen LogP contribution in [0.4, 0.5) is 15.8 Å². The Morgan fingerprint density at radius 3 is 2.53 bits per heavy atom. The highest BCUT2D eigenvalue weighted by molar-refractivity contribution is 6.22. The summed E-state index contributed by atoms with van der Waals surface area (Å²) >= 11 is 0. The van der Waals surface area contributed by atoms with Crippen LogP contribution < -0.4 is 10.2 Å². The molecule has 0 saturated carbocycles. The van der Waals surface area contributed by atoms with E-state index >= 15 is 0 Å². The fourth-order valence-corrected chi connectivity index (χ4v) is 4.22. The maximum atomic E-state index is 13.9. The molecular formula is C24H26FN3O4. The van der Waals surface area contributed by atoms with Crippen LogP contribution in [-0.4, -0.2) is 56.0 Å². The van der Waals surface area contributed by atoms with Gasteiger partial charge in [-0.05, 0) is 62.1 Å². The van der Waals surface area contributed by atoms with Crippen molar-refractivity contribution in [3.63, 3.8) is 0 Å². The highest BCUT2D eigenvalue weighted by atomic mass is 19.1. The first-order chi connectivity index (χ1) is 15.5. The molecule has 2 aliphatic heterocycles. The molecule has 0 bridgehead atoms. The van der Waals surface area contributed by atoms with Crippen molar-refractivity contribution in [2.45, 2.75) is 25.7 Å². The van der Waals surface area contributed by atoms with E-state index in [0.717, 1.165) is 38.0 Å². The van der Waals surface area contributed by atoms with Crippen molar-refractivity contribution >= 4 is 29.1 Å². The van der Waals surface area contributed by atoms with Crippen molar-refractivity contribution in [3.05, 3.63) is 58.9 Å². The molecule has 3 amide bonds. The molecule has 2 aromatic rings. The highest BCUT2D eigenvalue weighted by Crippen LogP contribution is 2.30. The third-order valence-corrected chi connectivity index (χ3v) is 5.87. The number of hydrogen-bond acceptors (Lipinski definition) is 5. The number of carbonyl (C=O) groups excluding carboxylic acids is 3. The van der Waals surface area contributed by atoms with Gasteiger partial charge in [0, 0.05) is 38.9 Å². The molecule has 0 aliphatic carbocycles. The number of fused-ring (bicyclic) bond motifs is 1. The first-order valence-electron chi connectivity index (χ1n) is 10.8. The van der Waals surface area contributed by atoms with Gasteiger partial charge in [0.15, 0.2) is 0 Å². The van der Waals surface area contributed by atoms with Gasteiger partial charge in [-0.2, -0.15) is 0 Å². The molecule has 168 valence electrons. The van der Waals surface area contributed by atoms with E-state index in [2.05, 4.69) is 10.2 Å². The van der Waals surface area contributed by atoms with E-state index in [1.807, 2.05) is 0 Å². The summed E-state index contributed by atoms with van der Waals surface area (Å²) in [6, 6.07) is 8.81. The number of amides is 3. The van der Waals surface area contributed by atoms with Crippen molar-refractivity contribution < 1.29 is 23.5 Å². The number of nitrogens with zero attached hydrogens (tertiary/aromatic N) is 2. The minimum absolute atomic E-state index is 0.204. The molecule has 2 aromatic carbocycles. The lowest BCUT2D eigenvalue weighted by Gasteiger charge is -2.30. The maximum Gasteiger partial charge on any atom is 0.261 e. The lowest BCUT2D eigenvalue weighted by molar-refractivity contribution is 0.0638. The number of rotatable bonds is 7. The number of hydrogen-bond donors (Lipinski definition) is 1. The molecule has 32 heavy (non-hydrogen) atoms. The molecule has 1 saturated heterocycles. The van der Waals surface area contributed by atoms with Crippen LogP contribution in [0.5, 0.6) is 0 Å². The molecule has 2 heterocycles. The Hall–Kier alpha value is -3.26. The second-order valence-electron chi connectivity index (χ2n) is 8.03. The van der Waals surface area contributed by atoms with Gasteiger partial charge in [-0.1, -0.05) is 0 Å². The first kappa shape index (κ1) is 22.0. The summed E-state index contributed by atoms with van der Waals surface area (Å²) in [5.74, 6) is -1.70. The zero-order valence-corrected chi connectivity index (χ0v) is 18.0. The van der Waals surface area contributed by atoms with Crippen LogP contribution in [0.1, 0.15) is 56.8 Å². The summed E-state index contributed by atoms with van der Waals surface area (Å²) in [6.07, 6.45) is 3.79. The van der Waals surface area contributed by atoms with Crippen LogP contribution in [0, 0.1) is 5.82 Å².